The molecule has 0 N–H and O–H groups in total. The second kappa shape index (κ2) is 7.95. The van der Waals surface area contributed by atoms with Crippen LogP contribution in [0, 0.1) is 31.3 Å². The van der Waals surface area contributed by atoms with Gasteiger partial charge in [0.2, 0.25) is 0 Å². The maximum Gasteiger partial charge on any atom is 0.194 e. The number of hydrogen-bond acceptors (Lipinski definition) is 1. The Kier molecular flexibility index (Phi) is 4.85. The summed E-state index contributed by atoms with van der Waals surface area (Å²) >= 11 is 0. The van der Waals surface area contributed by atoms with Gasteiger partial charge in [-0.15, -0.1) is 0 Å². The molecule has 170 valence electrons. The van der Waals surface area contributed by atoms with Gasteiger partial charge in [-0.1, -0.05) is 53.6 Å². The topological polar surface area (TPSA) is 12.9 Å². The molecule has 0 spiro atoms. The van der Waals surface area contributed by atoms with Gasteiger partial charge in [0.15, 0.2) is 17.5 Å². The number of fused-ring (bicyclic) bond motifs is 5. The number of nitrogens with zero attached hydrogens (tertiary/aromatic N) is 1. The van der Waals surface area contributed by atoms with Gasteiger partial charge in [0.25, 0.3) is 0 Å². The zero-order valence-electron chi connectivity index (χ0n) is 19.2. The zero-order chi connectivity index (χ0) is 24.3. The maximum atomic E-state index is 13.8. The van der Waals surface area contributed by atoms with Gasteiger partial charge >= 0.3 is 0 Å². The molecule has 6 rings (SSSR count). The standard InChI is InChI=1S/C31H20F3N/c1-17-11-18(2)13-22(12-17)31-27-8-7-24-23-5-3-19(21-15-28(32)30(34)29(33)16-21)14-20(23)4-6-25(24)26(27)9-10-35-31/h3-16H,1-2H3. The Hall–Kier alpha value is -4.18. The predicted molar refractivity (Wildman–Crippen MR) is 137 cm³/mol. The van der Waals surface area contributed by atoms with E-state index in [1.54, 1.807) is 0 Å². The predicted octanol–water partition coefficient (Wildman–Crippen LogP) is 8.91. The SMILES string of the molecule is Cc1cc(C)cc(-c2nccc3c2ccc2c4ccc(-c5cc(F)c(F)c(F)c5)cc4ccc32)c1. The van der Waals surface area contributed by atoms with Gasteiger partial charge < -0.3 is 0 Å². The van der Waals surface area contributed by atoms with Crippen molar-refractivity contribution in [3.05, 3.63) is 114 Å². The number of halogens is 3. The summed E-state index contributed by atoms with van der Waals surface area (Å²) in [7, 11) is 0. The summed E-state index contributed by atoms with van der Waals surface area (Å²) in [6, 6.07) is 24.5. The normalized spacial score (nSPS) is 11.6. The van der Waals surface area contributed by atoms with E-state index in [4.69, 9.17) is 4.98 Å². The lowest BCUT2D eigenvalue weighted by Crippen LogP contribution is -1.92. The highest BCUT2D eigenvalue weighted by Gasteiger charge is 2.14. The molecule has 0 bridgehead atoms. The van der Waals surface area contributed by atoms with Crippen LogP contribution in [0.25, 0.3) is 54.7 Å². The van der Waals surface area contributed by atoms with Crippen molar-refractivity contribution >= 4 is 32.3 Å². The number of pyridine rings is 1. The van der Waals surface area contributed by atoms with Gasteiger partial charge in [-0.2, -0.15) is 0 Å². The van der Waals surface area contributed by atoms with E-state index in [0.717, 1.165) is 55.7 Å². The fourth-order valence-electron chi connectivity index (χ4n) is 5.05. The molecule has 4 heteroatoms. The molecule has 0 aliphatic rings. The van der Waals surface area contributed by atoms with Gasteiger partial charge in [0, 0.05) is 17.1 Å². The van der Waals surface area contributed by atoms with Gasteiger partial charge in [-0.25, -0.2) is 13.2 Å². The first-order chi connectivity index (χ1) is 16.9. The van der Waals surface area contributed by atoms with Crippen molar-refractivity contribution in [2.45, 2.75) is 13.8 Å². The fraction of sp³-hybridized carbons (Fsp3) is 0.0645. The lowest BCUT2D eigenvalue weighted by Gasteiger charge is -2.12. The number of aryl methyl sites for hydroxylation is 2. The van der Waals surface area contributed by atoms with Gasteiger partial charge in [-0.05, 0) is 88.3 Å². The molecule has 0 atom stereocenters. The van der Waals surface area contributed by atoms with Crippen molar-refractivity contribution in [3.8, 4) is 22.4 Å². The molecule has 0 fully saturated rings. The third-order valence-corrected chi connectivity index (χ3v) is 6.57. The van der Waals surface area contributed by atoms with Crippen LogP contribution in [0.4, 0.5) is 13.2 Å². The molecule has 0 unspecified atom stereocenters. The smallest absolute Gasteiger partial charge is 0.194 e. The average molecular weight is 464 g/mol. The van der Waals surface area contributed by atoms with E-state index in [0.29, 0.717) is 11.1 Å². The summed E-state index contributed by atoms with van der Waals surface area (Å²) in [6.07, 6.45) is 1.85. The molecule has 0 aliphatic heterocycles. The molecular formula is C31H20F3N. The van der Waals surface area contributed by atoms with Crippen LogP contribution in [0.5, 0.6) is 0 Å². The first-order valence-electron chi connectivity index (χ1n) is 11.4. The summed E-state index contributed by atoms with van der Waals surface area (Å²) in [5.74, 6) is -3.85. The molecule has 1 heterocycles. The van der Waals surface area contributed by atoms with Gasteiger partial charge in [0.1, 0.15) is 0 Å². The second-order valence-electron chi connectivity index (χ2n) is 9.05. The number of rotatable bonds is 2. The summed E-state index contributed by atoms with van der Waals surface area (Å²) in [4.78, 5) is 4.71. The van der Waals surface area contributed by atoms with Crippen LogP contribution in [-0.2, 0) is 0 Å². The van der Waals surface area contributed by atoms with Crippen molar-refractivity contribution < 1.29 is 13.2 Å². The number of aromatic nitrogens is 1. The molecule has 5 aromatic carbocycles. The van der Waals surface area contributed by atoms with Crippen molar-refractivity contribution in [1.82, 2.24) is 4.98 Å². The summed E-state index contributed by atoms with van der Waals surface area (Å²) in [5.41, 5.74) is 5.36. The van der Waals surface area contributed by atoms with E-state index in [9.17, 15) is 13.2 Å². The van der Waals surface area contributed by atoms with Crippen LogP contribution in [-0.4, -0.2) is 4.98 Å². The third-order valence-electron chi connectivity index (χ3n) is 6.57. The average Bonchev–Trinajstić information content (AvgIpc) is 2.85. The van der Waals surface area contributed by atoms with Crippen molar-refractivity contribution in [2.75, 3.05) is 0 Å². The monoisotopic (exact) mass is 463 g/mol. The van der Waals surface area contributed by atoms with Crippen LogP contribution < -0.4 is 0 Å². The Morgan fingerprint density at radius 2 is 1.11 bits per heavy atom. The van der Waals surface area contributed by atoms with E-state index >= 15 is 0 Å². The van der Waals surface area contributed by atoms with E-state index in [2.05, 4.69) is 50.2 Å². The maximum absolute atomic E-state index is 13.8. The Balaban J connectivity index is 1.54. The van der Waals surface area contributed by atoms with Gasteiger partial charge in [-0.3, -0.25) is 4.98 Å². The Morgan fingerprint density at radius 1 is 0.514 bits per heavy atom. The van der Waals surface area contributed by atoms with Gasteiger partial charge in [0.05, 0.1) is 5.69 Å². The van der Waals surface area contributed by atoms with E-state index in [1.165, 1.54) is 11.1 Å². The molecule has 0 aliphatic carbocycles. The molecule has 0 saturated heterocycles. The minimum atomic E-state index is -1.46. The Labute approximate surface area is 200 Å². The largest absolute Gasteiger partial charge is 0.256 e. The lowest BCUT2D eigenvalue weighted by atomic mass is 9.93. The van der Waals surface area contributed by atoms with Crippen LogP contribution in [0.3, 0.4) is 0 Å². The van der Waals surface area contributed by atoms with Crippen LogP contribution in [0.15, 0.2) is 85.1 Å². The molecule has 1 aromatic heterocycles. The Morgan fingerprint density at radius 3 is 1.86 bits per heavy atom. The highest BCUT2D eigenvalue weighted by molar-refractivity contribution is 6.19. The number of hydrogen-bond donors (Lipinski definition) is 0. The van der Waals surface area contributed by atoms with E-state index in [-0.39, 0.29) is 0 Å². The Bertz CT molecular complexity index is 1760. The van der Waals surface area contributed by atoms with Crippen molar-refractivity contribution in [2.24, 2.45) is 0 Å². The molecular weight excluding hydrogens is 443 g/mol. The molecule has 1 nitrogen and oxygen atoms in total. The summed E-state index contributed by atoms with van der Waals surface area (Å²) in [6.45, 7) is 4.18. The highest BCUT2D eigenvalue weighted by Crippen LogP contribution is 2.36. The molecule has 0 radical (unpaired) electrons. The molecule has 6 aromatic rings. The lowest BCUT2D eigenvalue weighted by molar-refractivity contribution is 0.448. The van der Waals surface area contributed by atoms with E-state index < -0.39 is 17.5 Å². The molecule has 35 heavy (non-hydrogen) atoms. The highest BCUT2D eigenvalue weighted by atomic mass is 19.2. The summed E-state index contributed by atoms with van der Waals surface area (Å²) < 4.78 is 41.0. The first kappa shape index (κ1) is 21.4. The third kappa shape index (κ3) is 3.53. The minimum absolute atomic E-state index is 0.297. The van der Waals surface area contributed by atoms with E-state index in [1.807, 2.05) is 36.5 Å². The van der Waals surface area contributed by atoms with Crippen molar-refractivity contribution in [1.29, 1.82) is 0 Å². The van der Waals surface area contributed by atoms with Crippen LogP contribution >= 0.6 is 0 Å². The van der Waals surface area contributed by atoms with Crippen molar-refractivity contribution in [3.63, 3.8) is 0 Å². The fourth-order valence-corrected chi connectivity index (χ4v) is 5.05. The summed E-state index contributed by atoms with van der Waals surface area (Å²) in [5, 5.41) is 6.34. The quantitative estimate of drug-likeness (QED) is 0.185. The molecule has 0 saturated carbocycles. The molecule has 0 amide bonds. The van der Waals surface area contributed by atoms with Crippen LogP contribution in [0.2, 0.25) is 0 Å². The first-order valence-corrected chi connectivity index (χ1v) is 11.4. The number of benzene rings is 5. The minimum Gasteiger partial charge on any atom is -0.256 e. The second-order valence-corrected chi connectivity index (χ2v) is 9.05. The van der Waals surface area contributed by atoms with Crippen LogP contribution in [0.1, 0.15) is 11.1 Å². The zero-order valence-corrected chi connectivity index (χ0v) is 19.2.